The van der Waals surface area contributed by atoms with E-state index in [9.17, 15) is 4.79 Å². The number of nitrogens with zero attached hydrogens (tertiary/aromatic N) is 1. The summed E-state index contributed by atoms with van der Waals surface area (Å²) in [6, 6.07) is 8.43. The van der Waals surface area contributed by atoms with E-state index in [1.807, 2.05) is 18.3 Å². The molecule has 1 heterocycles. The maximum atomic E-state index is 12.3. The van der Waals surface area contributed by atoms with Crippen LogP contribution >= 0.6 is 0 Å². The standard InChI is InChI=1S/C18H25N3O/c1-2-21-13-16(15-11-7-8-12-17(15)21)20-18(22)19-14-9-5-3-4-6-10-14/h7-8,11-14H,2-6,9-10H2,1H3,(H2,19,20,22). The minimum absolute atomic E-state index is 0.0779. The van der Waals surface area contributed by atoms with E-state index in [4.69, 9.17) is 0 Å². The number of rotatable bonds is 3. The van der Waals surface area contributed by atoms with Crippen molar-refractivity contribution in [1.82, 2.24) is 9.88 Å². The smallest absolute Gasteiger partial charge is 0.319 e. The van der Waals surface area contributed by atoms with Crippen LogP contribution in [0.3, 0.4) is 0 Å². The Bertz CT molecular complexity index is 639. The molecule has 0 spiro atoms. The number of carbonyl (C=O) groups excluding carboxylic acids is 1. The van der Waals surface area contributed by atoms with Gasteiger partial charge < -0.3 is 15.2 Å². The Kier molecular flexibility index (Phi) is 4.66. The van der Waals surface area contributed by atoms with Gasteiger partial charge in [0.25, 0.3) is 0 Å². The topological polar surface area (TPSA) is 46.1 Å². The van der Waals surface area contributed by atoms with Gasteiger partial charge in [0.1, 0.15) is 0 Å². The normalized spacial score (nSPS) is 16.4. The van der Waals surface area contributed by atoms with Gasteiger partial charge in [0.2, 0.25) is 0 Å². The first-order valence-electron chi connectivity index (χ1n) is 8.43. The summed E-state index contributed by atoms with van der Waals surface area (Å²) in [6.45, 7) is 3.01. The molecular formula is C18H25N3O. The van der Waals surface area contributed by atoms with Gasteiger partial charge in [-0.1, -0.05) is 43.9 Å². The zero-order chi connectivity index (χ0) is 15.4. The van der Waals surface area contributed by atoms with Gasteiger partial charge in [-0.2, -0.15) is 0 Å². The number of aromatic nitrogens is 1. The third-order valence-electron chi connectivity index (χ3n) is 4.57. The minimum atomic E-state index is -0.0779. The van der Waals surface area contributed by atoms with Crippen LogP contribution in [0.15, 0.2) is 30.5 Å². The monoisotopic (exact) mass is 299 g/mol. The Morgan fingerprint density at radius 2 is 1.91 bits per heavy atom. The molecule has 1 aliphatic rings. The second-order valence-electron chi connectivity index (χ2n) is 6.13. The third kappa shape index (κ3) is 3.26. The molecular weight excluding hydrogens is 274 g/mol. The van der Waals surface area contributed by atoms with E-state index in [2.05, 4.69) is 34.3 Å². The quantitative estimate of drug-likeness (QED) is 0.805. The van der Waals surface area contributed by atoms with Crippen LogP contribution in [-0.2, 0) is 6.54 Å². The molecule has 1 saturated carbocycles. The number of benzene rings is 1. The summed E-state index contributed by atoms with van der Waals surface area (Å²) in [6.07, 6.45) is 9.26. The minimum Gasteiger partial charge on any atom is -0.346 e. The molecule has 0 radical (unpaired) electrons. The molecule has 0 saturated heterocycles. The second kappa shape index (κ2) is 6.86. The van der Waals surface area contributed by atoms with Gasteiger partial charge in [0.15, 0.2) is 0 Å². The first kappa shape index (κ1) is 14.9. The second-order valence-corrected chi connectivity index (χ2v) is 6.13. The number of urea groups is 1. The van der Waals surface area contributed by atoms with E-state index in [1.165, 1.54) is 25.7 Å². The van der Waals surface area contributed by atoms with Crippen molar-refractivity contribution in [2.75, 3.05) is 5.32 Å². The van der Waals surface area contributed by atoms with Gasteiger partial charge in [0, 0.05) is 24.2 Å². The fraction of sp³-hybridized carbons (Fsp3) is 0.500. The van der Waals surface area contributed by atoms with Crippen molar-refractivity contribution in [3.8, 4) is 0 Å². The average Bonchev–Trinajstić information content (AvgIpc) is 2.70. The molecule has 1 aromatic heterocycles. The zero-order valence-corrected chi connectivity index (χ0v) is 13.3. The van der Waals surface area contributed by atoms with Crippen LogP contribution in [0.25, 0.3) is 10.9 Å². The Morgan fingerprint density at radius 1 is 1.18 bits per heavy atom. The molecule has 1 aromatic carbocycles. The number of anilines is 1. The summed E-state index contributed by atoms with van der Waals surface area (Å²) >= 11 is 0. The molecule has 118 valence electrons. The molecule has 0 aliphatic heterocycles. The third-order valence-corrected chi connectivity index (χ3v) is 4.57. The van der Waals surface area contributed by atoms with E-state index in [1.54, 1.807) is 0 Å². The highest BCUT2D eigenvalue weighted by Gasteiger charge is 2.16. The van der Waals surface area contributed by atoms with Crippen molar-refractivity contribution in [1.29, 1.82) is 0 Å². The van der Waals surface area contributed by atoms with Crippen LogP contribution in [0.1, 0.15) is 45.4 Å². The number of carbonyl (C=O) groups is 1. The first-order valence-corrected chi connectivity index (χ1v) is 8.43. The van der Waals surface area contributed by atoms with Gasteiger partial charge in [-0.25, -0.2) is 4.79 Å². The summed E-state index contributed by atoms with van der Waals surface area (Å²) < 4.78 is 2.16. The summed E-state index contributed by atoms with van der Waals surface area (Å²) in [5.74, 6) is 0. The lowest BCUT2D eigenvalue weighted by molar-refractivity contribution is 0.247. The number of hydrogen-bond acceptors (Lipinski definition) is 1. The van der Waals surface area contributed by atoms with Crippen LogP contribution in [0.2, 0.25) is 0 Å². The molecule has 4 heteroatoms. The Hall–Kier alpha value is -1.97. The summed E-state index contributed by atoms with van der Waals surface area (Å²) in [5.41, 5.74) is 2.05. The molecule has 1 aliphatic carbocycles. The summed E-state index contributed by atoms with van der Waals surface area (Å²) in [5, 5.41) is 7.27. The van der Waals surface area contributed by atoms with E-state index in [-0.39, 0.29) is 6.03 Å². The first-order chi connectivity index (χ1) is 10.8. The van der Waals surface area contributed by atoms with E-state index in [0.717, 1.165) is 36.0 Å². The Labute approximate surface area is 131 Å². The Balaban J connectivity index is 1.71. The lowest BCUT2D eigenvalue weighted by Gasteiger charge is -2.16. The molecule has 2 amide bonds. The highest BCUT2D eigenvalue weighted by atomic mass is 16.2. The van der Waals surface area contributed by atoms with Gasteiger partial charge in [-0.05, 0) is 25.8 Å². The zero-order valence-electron chi connectivity index (χ0n) is 13.3. The van der Waals surface area contributed by atoms with Crippen molar-refractivity contribution in [2.45, 2.75) is 58.0 Å². The van der Waals surface area contributed by atoms with Crippen molar-refractivity contribution < 1.29 is 4.79 Å². The molecule has 0 unspecified atom stereocenters. The molecule has 0 bridgehead atoms. The Morgan fingerprint density at radius 3 is 2.64 bits per heavy atom. The predicted molar refractivity (Wildman–Crippen MR) is 91.3 cm³/mol. The maximum absolute atomic E-state index is 12.3. The van der Waals surface area contributed by atoms with Crippen molar-refractivity contribution >= 4 is 22.6 Å². The average molecular weight is 299 g/mol. The summed E-state index contributed by atoms with van der Waals surface area (Å²) in [4.78, 5) is 12.3. The molecule has 4 nitrogen and oxygen atoms in total. The van der Waals surface area contributed by atoms with Gasteiger partial charge in [-0.3, -0.25) is 0 Å². The van der Waals surface area contributed by atoms with Gasteiger partial charge >= 0.3 is 6.03 Å². The molecule has 2 N–H and O–H groups in total. The van der Waals surface area contributed by atoms with Crippen molar-refractivity contribution in [3.05, 3.63) is 30.5 Å². The van der Waals surface area contributed by atoms with Crippen LogP contribution in [-0.4, -0.2) is 16.6 Å². The van der Waals surface area contributed by atoms with Crippen LogP contribution in [0, 0.1) is 0 Å². The fourth-order valence-corrected chi connectivity index (χ4v) is 3.38. The van der Waals surface area contributed by atoms with Crippen LogP contribution < -0.4 is 10.6 Å². The maximum Gasteiger partial charge on any atom is 0.319 e. The number of nitrogens with one attached hydrogen (secondary N) is 2. The largest absolute Gasteiger partial charge is 0.346 e. The highest BCUT2D eigenvalue weighted by molar-refractivity contribution is 6.01. The molecule has 2 aromatic rings. The fourth-order valence-electron chi connectivity index (χ4n) is 3.38. The molecule has 0 atom stereocenters. The van der Waals surface area contributed by atoms with Crippen LogP contribution in [0.5, 0.6) is 0 Å². The van der Waals surface area contributed by atoms with E-state index >= 15 is 0 Å². The van der Waals surface area contributed by atoms with E-state index in [0.29, 0.717) is 6.04 Å². The van der Waals surface area contributed by atoms with Gasteiger partial charge in [0.05, 0.1) is 11.2 Å². The number of aryl methyl sites for hydroxylation is 1. The van der Waals surface area contributed by atoms with Crippen molar-refractivity contribution in [3.63, 3.8) is 0 Å². The summed E-state index contributed by atoms with van der Waals surface area (Å²) in [7, 11) is 0. The molecule has 1 fully saturated rings. The predicted octanol–water partition coefficient (Wildman–Crippen LogP) is 4.51. The lowest BCUT2D eigenvalue weighted by Crippen LogP contribution is -2.37. The molecule has 3 rings (SSSR count). The van der Waals surface area contributed by atoms with Crippen molar-refractivity contribution in [2.24, 2.45) is 0 Å². The molecule has 22 heavy (non-hydrogen) atoms. The van der Waals surface area contributed by atoms with E-state index < -0.39 is 0 Å². The highest BCUT2D eigenvalue weighted by Crippen LogP contribution is 2.26. The number of para-hydroxylation sites is 1. The number of fused-ring (bicyclic) bond motifs is 1. The van der Waals surface area contributed by atoms with Gasteiger partial charge in [-0.15, -0.1) is 0 Å². The number of hydrogen-bond donors (Lipinski definition) is 2. The number of amides is 2. The lowest BCUT2D eigenvalue weighted by atomic mass is 10.1. The van der Waals surface area contributed by atoms with Crippen LogP contribution in [0.4, 0.5) is 10.5 Å². The SMILES string of the molecule is CCn1cc(NC(=O)NC2CCCCCC2)c2ccccc21.